The van der Waals surface area contributed by atoms with E-state index in [0.717, 1.165) is 0 Å². The van der Waals surface area contributed by atoms with E-state index in [1.54, 1.807) is 27.7 Å². The topological polar surface area (TPSA) is 58.6 Å². The summed E-state index contributed by atoms with van der Waals surface area (Å²) in [5, 5.41) is 13.0. The van der Waals surface area contributed by atoms with Gasteiger partial charge in [0.05, 0.1) is 12.1 Å². The Morgan fingerprint density at radius 1 is 1.26 bits per heavy atom. The summed E-state index contributed by atoms with van der Waals surface area (Å²) in [6.07, 6.45) is -1.23. The van der Waals surface area contributed by atoms with Crippen molar-refractivity contribution in [3.63, 3.8) is 0 Å². The lowest BCUT2D eigenvalue weighted by Gasteiger charge is -2.30. The molecule has 0 aromatic rings. The summed E-state index contributed by atoms with van der Waals surface area (Å²) in [6.45, 7) is 12.9. The molecule has 0 aliphatic carbocycles. The molecule has 4 heteroatoms. The molecule has 19 heavy (non-hydrogen) atoms. The summed E-state index contributed by atoms with van der Waals surface area (Å²) in [5.41, 5.74) is -0.550. The minimum atomic E-state index is -0.722. The summed E-state index contributed by atoms with van der Waals surface area (Å²) in [7, 11) is 0. The highest BCUT2D eigenvalue weighted by atomic mass is 16.6. The lowest BCUT2D eigenvalue weighted by molar-refractivity contribution is 0.0322. The van der Waals surface area contributed by atoms with Crippen molar-refractivity contribution < 1.29 is 14.6 Å². The number of hydrogen-bond acceptors (Lipinski definition) is 3. The molecular formula is C15H27NO3. The third kappa shape index (κ3) is 7.07. The van der Waals surface area contributed by atoms with Crippen molar-refractivity contribution in [3.8, 4) is 11.8 Å². The molecule has 0 saturated carbocycles. The highest BCUT2D eigenvalue weighted by molar-refractivity contribution is 5.68. The van der Waals surface area contributed by atoms with Gasteiger partial charge in [0.1, 0.15) is 5.60 Å². The first-order chi connectivity index (χ1) is 8.58. The smallest absolute Gasteiger partial charge is 0.407 e. The number of aliphatic hydroxyl groups is 1. The number of ether oxygens (including phenoxy) is 1. The maximum Gasteiger partial charge on any atom is 0.407 e. The molecule has 110 valence electrons. The number of aliphatic hydroxyl groups excluding tert-OH is 1. The second-order valence-electron chi connectivity index (χ2n) is 6.09. The van der Waals surface area contributed by atoms with Crippen molar-refractivity contribution in [2.75, 3.05) is 0 Å². The zero-order chi connectivity index (χ0) is 15.2. The van der Waals surface area contributed by atoms with E-state index in [4.69, 9.17) is 4.74 Å². The fourth-order valence-electron chi connectivity index (χ4n) is 1.71. The van der Waals surface area contributed by atoms with Crippen LogP contribution in [-0.4, -0.2) is 28.9 Å². The van der Waals surface area contributed by atoms with Gasteiger partial charge >= 0.3 is 6.09 Å². The second kappa shape index (κ2) is 7.40. The van der Waals surface area contributed by atoms with Crippen LogP contribution in [0.1, 0.15) is 48.5 Å². The maximum atomic E-state index is 11.8. The molecule has 3 atom stereocenters. The third-order valence-corrected chi connectivity index (χ3v) is 2.65. The van der Waals surface area contributed by atoms with Gasteiger partial charge in [0.25, 0.3) is 0 Å². The van der Waals surface area contributed by atoms with E-state index in [0.29, 0.717) is 0 Å². The fraction of sp³-hybridized carbons (Fsp3) is 0.800. The van der Waals surface area contributed by atoms with Crippen LogP contribution >= 0.6 is 0 Å². The number of amides is 1. The second-order valence-corrected chi connectivity index (χ2v) is 6.09. The molecule has 0 spiro atoms. The Bertz CT molecular complexity index is 347. The van der Waals surface area contributed by atoms with Gasteiger partial charge in [-0.2, -0.15) is 0 Å². The molecule has 0 aliphatic heterocycles. The number of nitrogens with one attached hydrogen (secondary N) is 1. The van der Waals surface area contributed by atoms with Gasteiger partial charge in [-0.05, 0) is 40.5 Å². The van der Waals surface area contributed by atoms with Crippen LogP contribution in [0.4, 0.5) is 4.79 Å². The van der Waals surface area contributed by atoms with Gasteiger partial charge in [0.15, 0.2) is 0 Å². The Balaban J connectivity index is 4.74. The number of alkyl carbamates (subject to hydrolysis) is 1. The maximum absolute atomic E-state index is 11.8. The van der Waals surface area contributed by atoms with Crippen molar-refractivity contribution in [1.29, 1.82) is 0 Å². The summed E-state index contributed by atoms with van der Waals surface area (Å²) in [6, 6.07) is -0.384. The minimum Gasteiger partial charge on any atom is -0.444 e. The van der Waals surface area contributed by atoms with Crippen molar-refractivity contribution >= 4 is 6.09 Å². The van der Waals surface area contributed by atoms with Crippen LogP contribution in [0, 0.1) is 23.7 Å². The molecule has 0 rings (SSSR count). The zero-order valence-electron chi connectivity index (χ0n) is 13.1. The Hall–Kier alpha value is -1.21. The van der Waals surface area contributed by atoms with E-state index < -0.39 is 17.8 Å². The average Bonchev–Trinajstić information content (AvgIpc) is 2.22. The van der Waals surface area contributed by atoms with Crippen LogP contribution in [0.5, 0.6) is 0 Å². The van der Waals surface area contributed by atoms with Crippen molar-refractivity contribution in [2.45, 2.75) is 66.2 Å². The first-order valence-electron chi connectivity index (χ1n) is 6.68. The molecule has 1 amide bonds. The van der Waals surface area contributed by atoms with Crippen LogP contribution < -0.4 is 5.32 Å². The Morgan fingerprint density at radius 2 is 1.79 bits per heavy atom. The molecule has 4 nitrogen and oxygen atoms in total. The summed E-state index contributed by atoms with van der Waals surface area (Å²) in [5.74, 6) is 5.57. The largest absolute Gasteiger partial charge is 0.444 e. The number of carbonyl (C=O) groups excluding carboxylic acids is 1. The van der Waals surface area contributed by atoms with E-state index in [1.165, 1.54) is 0 Å². The predicted octanol–water partition coefficient (Wildman–Crippen LogP) is 2.56. The van der Waals surface area contributed by atoms with Crippen molar-refractivity contribution in [1.82, 2.24) is 5.32 Å². The quantitative estimate of drug-likeness (QED) is 0.771. The standard InChI is InChI=1S/C15H27NO3/c1-8-9-11(4)13(17)12(10(2)3)16-14(18)19-15(5,6)7/h10-13,17H,1-7H3,(H,16,18)/t11-,12+,13-/m1/s1. The Morgan fingerprint density at radius 3 is 2.16 bits per heavy atom. The van der Waals surface area contributed by atoms with E-state index in [2.05, 4.69) is 17.2 Å². The fourth-order valence-corrected chi connectivity index (χ4v) is 1.71. The van der Waals surface area contributed by atoms with Crippen LogP contribution in [0.3, 0.4) is 0 Å². The SMILES string of the molecule is CC#C[C@@H](C)[C@@H](O)[C@@H](NC(=O)OC(C)(C)C)C(C)C. The molecule has 0 saturated heterocycles. The molecule has 0 bridgehead atoms. The van der Waals surface area contributed by atoms with E-state index in [1.807, 2.05) is 20.8 Å². The van der Waals surface area contributed by atoms with E-state index in [9.17, 15) is 9.90 Å². The monoisotopic (exact) mass is 269 g/mol. The molecule has 0 heterocycles. The summed E-state index contributed by atoms with van der Waals surface area (Å²) >= 11 is 0. The van der Waals surface area contributed by atoms with Gasteiger partial charge in [0.2, 0.25) is 0 Å². The number of carbonyl (C=O) groups is 1. The number of rotatable bonds is 4. The van der Waals surface area contributed by atoms with Gasteiger partial charge in [-0.3, -0.25) is 0 Å². The predicted molar refractivity (Wildman–Crippen MR) is 76.6 cm³/mol. The third-order valence-electron chi connectivity index (χ3n) is 2.65. The number of hydrogen-bond donors (Lipinski definition) is 2. The lowest BCUT2D eigenvalue weighted by Crippen LogP contribution is -2.50. The van der Waals surface area contributed by atoms with E-state index in [-0.39, 0.29) is 17.9 Å². The molecule has 2 N–H and O–H groups in total. The average molecular weight is 269 g/mol. The molecule has 0 unspecified atom stereocenters. The highest BCUT2D eigenvalue weighted by Crippen LogP contribution is 2.15. The van der Waals surface area contributed by atoms with E-state index >= 15 is 0 Å². The molecule has 0 aromatic heterocycles. The summed E-state index contributed by atoms with van der Waals surface area (Å²) < 4.78 is 5.21. The first kappa shape index (κ1) is 17.8. The first-order valence-corrected chi connectivity index (χ1v) is 6.68. The Kier molecular flexibility index (Phi) is 6.93. The Labute approximate surface area is 116 Å². The highest BCUT2D eigenvalue weighted by Gasteiger charge is 2.29. The molecule has 0 aliphatic rings. The normalized spacial score (nSPS) is 16.1. The van der Waals surface area contributed by atoms with Gasteiger partial charge < -0.3 is 15.2 Å². The van der Waals surface area contributed by atoms with Gasteiger partial charge in [-0.1, -0.05) is 19.8 Å². The summed E-state index contributed by atoms with van der Waals surface area (Å²) in [4.78, 5) is 11.8. The minimum absolute atomic E-state index is 0.0867. The van der Waals surface area contributed by atoms with Crippen molar-refractivity contribution in [2.24, 2.45) is 11.8 Å². The van der Waals surface area contributed by atoms with Gasteiger partial charge in [-0.25, -0.2) is 4.79 Å². The molecule has 0 fully saturated rings. The van der Waals surface area contributed by atoms with Crippen molar-refractivity contribution in [3.05, 3.63) is 0 Å². The molecule has 0 radical (unpaired) electrons. The molecular weight excluding hydrogens is 242 g/mol. The van der Waals surface area contributed by atoms with Crippen LogP contribution in [0.2, 0.25) is 0 Å². The van der Waals surface area contributed by atoms with Gasteiger partial charge in [-0.15, -0.1) is 5.92 Å². The van der Waals surface area contributed by atoms with Crippen LogP contribution in [0.25, 0.3) is 0 Å². The zero-order valence-corrected chi connectivity index (χ0v) is 13.1. The van der Waals surface area contributed by atoms with Gasteiger partial charge in [0, 0.05) is 5.92 Å². The lowest BCUT2D eigenvalue weighted by atomic mass is 9.91. The molecule has 0 aromatic carbocycles. The van der Waals surface area contributed by atoms with Crippen LogP contribution in [0.15, 0.2) is 0 Å². The van der Waals surface area contributed by atoms with Crippen LogP contribution in [-0.2, 0) is 4.74 Å².